The van der Waals surface area contributed by atoms with Crippen LogP contribution < -0.4 is 0 Å². The van der Waals surface area contributed by atoms with Crippen LogP contribution in [0.2, 0.25) is 0 Å². The van der Waals surface area contributed by atoms with Crippen molar-refractivity contribution in [2.75, 3.05) is 0 Å². The summed E-state index contributed by atoms with van der Waals surface area (Å²) in [4.78, 5) is 0. The minimum Gasteiger partial charge on any atom is -0.385 e. The molecule has 17 heavy (non-hydrogen) atoms. The zero-order valence-corrected chi connectivity index (χ0v) is 8.81. The van der Waals surface area contributed by atoms with E-state index in [9.17, 15) is 13.9 Å². The second kappa shape index (κ2) is 3.48. The van der Waals surface area contributed by atoms with Gasteiger partial charge in [0.15, 0.2) is 0 Å². The maximum Gasteiger partial charge on any atom is 0.147 e. The highest BCUT2D eigenvalue weighted by atomic mass is 19.1. The Morgan fingerprint density at radius 2 is 1.94 bits per heavy atom. The molecule has 3 atom stereocenters. The number of hydrogen-bond donors (Lipinski definition) is 1. The fourth-order valence-electron chi connectivity index (χ4n) is 2.11. The molecule has 0 radical (unpaired) electrons. The van der Waals surface area contributed by atoms with Crippen LogP contribution in [0.3, 0.4) is 0 Å². The number of hydrogen-bond acceptors (Lipinski definition) is 2. The highest BCUT2D eigenvalue weighted by Crippen LogP contribution is 2.51. The van der Waals surface area contributed by atoms with Crippen LogP contribution in [0.4, 0.5) is 8.78 Å². The van der Waals surface area contributed by atoms with Gasteiger partial charge in [-0.25, -0.2) is 8.78 Å². The Hall–Kier alpha value is -1.52. The van der Waals surface area contributed by atoms with Crippen molar-refractivity contribution in [2.45, 2.75) is 17.8 Å². The normalized spacial score (nSPS) is 31.7. The lowest BCUT2D eigenvalue weighted by molar-refractivity contribution is 0.100. The second-order valence-electron chi connectivity index (χ2n) is 4.23. The minimum absolute atomic E-state index is 0.364. The molecule has 2 nitrogen and oxygen atoms in total. The van der Waals surface area contributed by atoms with Crippen molar-refractivity contribution in [2.24, 2.45) is 0 Å². The number of benzene rings is 1. The first-order chi connectivity index (χ1) is 8.12. The van der Waals surface area contributed by atoms with Gasteiger partial charge in [-0.1, -0.05) is 12.1 Å². The second-order valence-corrected chi connectivity index (χ2v) is 4.23. The van der Waals surface area contributed by atoms with Gasteiger partial charge in [0.05, 0.1) is 0 Å². The first kappa shape index (κ1) is 10.6. The third-order valence-electron chi connectivity index (χ3n) is 3.15. The van der Waals surface area contributed by atoms with E-state index in [4.69, 9.17) is 4.74 Å². The molecule has 1 aliphatic heterocycles. The van der Waals surface area contributed by atoms with Crippen molar-refractivity contribution < 1.29 is 18.6 Å². The highest BCUT2D eigenvalue weighted by Gasteiger charge is 2.60. The van der Waals surface area contributed by atoms with Crippen molar-refractivity contribution in [3.05, 3.63) is 59.7 Å². The standard InChI is InChI=1S/C13H10F2O2/c14-9-3-1-8(2-4-9)12(16)13-6-5-10(15)7-11(13)17-13/h1-7,11-12,16H. The Morgan fingerprint density at radius 3 is 2.59 bits per heavy atom. The number of aliphatic hydroxyl groups excluding tert-OH is 1. The minimum atomic E-state index is -0.923. The van der Waals surface area contributed by atoms with Crippen LogP contribution in [0, 0.1) is 5.82 Å². The molecule has 1 N–H and O–H groups in total. The Kier molecular flexibility index (Phi) is 2.18. The average Bonchev–Trinajstić information content (AvgIpc) is 3.04. The third kappa shape index (κ3) is 1.61. The summed E-state index contributed by atoms with van der Waals surface area (Å²) in [7, 11) is 0. The maximum atomic E-state index is 12.9. The Bertz CT molecular complexity index is 507. The molecule has 0 bridgehead atoms. The molecule has 1 fully saturated rings. The van der Waals surface area contributed by atoms with E-state index >= 15 is 0 Å². The van der Waals surface area contributed by atoms with E-state index in [2.05, 4.69) is 0 Å². The van der Waals surface area contributed by atoms with Gasteiger partial charge in [0.25, 0.3) is 0 Å². The topological polar surface area (TPSA) is 32.8 Å². The summed E-state index contributed by atoms with van der Waals surface area (Å²) in [5.41, 5.74) is -0.331. The first-order valence-electron chi connectivity index (χ1n) is 5.30. The molecule has 1 saturated heterocycles. The summed E-state index contributed by atoms with van der Waals surface area (Å²) in [6.45, 7) is 0. The van der Waals surface area contributed by atoms with Crippen molar-refractivity contribution >= 4 is 0 Å². The van der Waals surface area contributed by atoms with E-state index in [1.807, 2.05) is 0 Å². The smallest absolute Gasteiger partial charge is 0.147 e. The Morgan fingerprint density at radius 1 is 1.24 bits per heavy atom. The van der Waals surface area contributed by atoms with E-state index in [-0.39, 0.29) is 11.6 Å². The molecule has 1 aromatic rings. The molecule has 88 valence electrons. The van der Waals surface area contributed by atoms with Crippen LogP contribution in [0.1, 0.15) is 11.7 Å². The van der Waals surface area contributed by atoms with E-state index in [1.54, 1.807) is 0 Å². The zero-order valence-electron chi connectivity index (χ0n) is 8.81. The molecule has 1 aromatic carbocycles. The number of ether oxygens (including phenoxy) is 1. The van der Waals surface area contributed by atoms with Crippen LogP contribution in [-0.4, -0.2) is 16.8 Å². The van der Waals surface area contributed by atoms with Gasteiger partial charge >= 0.3 is 0 Å². The third-order valence-corrected chi connectivity index (χ3v) is 3.15. The number of allylic oxidation sites excluding steroid dienone is 2. The quantitative estimate of drug-likeness (QED) is 0.800. The van der Waals surface area contributed by atoms with E-state index in [1.165, 1.54) is 42.5 Å². The van der Waals surface area contributed by atoms with Crippen molar-refractivity contribution in [1.29, 1.82) is 0 Å². The molecule has 0 spiro atoms. The van der Waals surface area contributed by atoms with Crippen molar-refractivity contribution in [3.8, 4) is 0 Å². The van der Waals surface area contributed by atoms with Gasteiger partial charge in [0, 0.05) is 0 Å². The number of fused-ring (bicyclic) bond motifs is 1. The van der Waals surface area contributed by atoms with Gasteiger partial charge in [0.1, 0.15) is 29.5 Å². The first-order valence-corrected chi connectivity index (χ1v) is 5.30. The van der Waals surface area contributed by atoms with Crippen LogP contribution in [0.15, 0.2) is 48.3 Å². The Labute approximate surface area is 96.8 Å². The number of rotatable bonds is 2. The molecular weight excluding hydrogens is 226 g/mol. The largest absolute Gasteiger partial charge is 0.385 e. The molecule has 1 aliphatic carbocycles. The van der Waals surface area contributed by atoms with Gasteiger partial charge < -0.3 is 9.84 Å². The van der Waals surface area contributed by atoms with Crippen molar-refractivity contribution in [3.63, 3.8) is 0 Å². The van der Waals surface area contributed by atoms with Gasteiger partial charge in [-0.15, -0.1) is 0 Å². The fraction of sp³-hybridized carbons (Fsp3) is 0.231. The summed E-state index contributed by atoms with van der Waals surface area (Å²) < 4.78 is 31.0. The molecule has 0 aromatic heterocycles. The number of halogens is 2. The van der Waals surface area contributed by atoms with Crippen LogP contribution in [0.5, 0.6) is 0 Å². The molecule has 3 rings (SSSR count). The van der Waals surface area contributed by atoms with Crippen molar-refractivity contribution in [1.82, 2.24) is 0 Å². The van der Waals surface area contributed by atoms with Crippen LogP contribution in [-0.2, 0) is 4.74 Å². The van der Waals surface area contributed by atoms with Gasteiger partial charge in [-0.3, -0.25) is 0 Å². The van der Waals surface area contributed by atoms with E-state index < -0.39 is 17.8 Å². The van der Waals surface area contributed by atoms with Gasteiger partial charge in [-0.05, 0) is 35.9 Å². The Balaban J connectivity index is 1.88. The molecule has 3 unspecified atom stereocenters. The number of epoxide rings is 1. The summed E-state index contributed by atoms with van der Waals surface area (Å²) in [5, 5.41) is 10.2. The maximum absolute atomic E-state index is 12.9. The predicted molar refractivity (Wildman–Crippen MR) is 57.3 cm³/mol. The molecule has 1 heterocycles. The summed E-state index contributed by atoms with van der Waals surface area (Å²) in [6.07, 6.45) is 2.76. The SMILES string of the molecule is OC(c1ccc(F)cc1)C12C=CC(F)=CC1O2. The lowest BCUT2D eigenvalue weighted by Crippen LogP contribution is -2.23. The molecule has 2 aliphatic rings. The molecule has 0 saturated carbocycles. The lowest BCUT2D eigenvalue weighted by Gasteiger charge is -2.18. The summed E-state index contributed by atoms with van der Waals surface area (Å²) in [6, 6.07) is 5.54. The van der Waals surface area contributed by atoms with Crippen LogP contribution >= 0.6 is 0 Å². The average molecular weight is 236 g/mol. The molecule has 0 amide bonds. The van der Waals surface area contributed by atoms with Crippen LogP contribution in [0.25, 0.3) is 0 Å². The van der Waals surface area contributed by atoms with E-state index in [0.29, 0.717) is 5.56 Å². The fourth-order valence-corrected chi connectivity index (χ4v) is 2.11. The lowest BCUT2D eigenvalue weighted by atomic mass is 9.89. The predicted octanol–water partition coefficient (Wildman–Crippen LogP) is 2.42. The summed E-state index contributed by atoms with van der Waals surface area (Å²) >= 11 is 0. The monoisotopic (exact) mass is 236 g/mol. The van der Waals surface area contributed by atoms with Gasteiger partial charge in [-0.2, -0.15) is 0 Å². The number of aliphatic hydroxyl groups is 1. The van der Waals surface area contributed by atoms with E-state index in [0.717, 1.165) is 0 Å². The molecular formula is C13H10F2O2. The molecule has 4 heteroatoms. The summed E-state index contributed by atoms with van der Waals surface area (Å²) in [5.74, 6) is -0.730. The van der Waals surface area contributed by atoms with Gasteiger partial charge in [0.2, 0.25) is 0 Å². The zero-order chi connectivity index (χ0) is 12.0. The highest BCUT2D eigenvalue weighted by molar-refractivity contribution is 5.39.